The zero-order chi connectivity index (χ0) is 15.7. The smallest absolute Gasteiger partial charge is 0.115 e. The Morgan fingerprint density at radius 2 is 1.18 bits per heavy atom. The molecule has 0 heterocycles. The number of phenols is 2. The maximum absolute atomic E-state index is 9.75. The molecule has 1 aliphatic carbocycles. The number of benzene rings is 2. The van der Waals surface area contributed by atoms with Gasteiger partial charge in [-0.3, -0.25) is 0 Å². The predicted molar refractivity (Wildman–Crippen MR) is 89.6 cm³/mol. The number of aromatic hydroxyl groups is 2. The Hall–Kier alpha value is -1.96. The summed E-state index contributed by atoms with van der Waals surface area (Å²) in [4.78, 5) is 0. The Kier molecular flexibility index (Phi) is 3.86. The normalized spacial score (nSPS) is 17.4. The van der Waals surface area contributed by atoms with Gasteiger partial charge < -0.3 is 10.2 Å². The van der Waals surface area contributed by atoms with Crippen molar-refractivity contribution in [2.75, 3.05) is 0 Å². The number of aryl methyl sites for hydroxylation is 2. The first-order valence-corrected chi connectivity index (χ1v) is 8.13. The van der Waals surface area contributed by atoms with Crippen molar-refractivity contribution < 1.29 is 10.2 Å². The molecule has 0 aromatic heterocycles. The molecule has 0 radical (unpaired) electrons. The third-order valence-electron chi connectivity index (χ3n) is 5.16. The first-order chi connectivity index (χ1) is 10.5. The van der Waals surface area contributed by atoms with Gasteiger partial charge in [-0.25, -0.2) is 0 Å². The molecule has 116 valence electrons. The van der Waals surface area contributed by atoms with Crippen molar-refractivity contribution in [3.63, 3.8) is 0 Å². The highest BCUT2D eigenvalue weighted by Crippen LogP contribution is 2.47. The molecule has 1 fully saturated rings. The van der Waals surface area contributed by atoms with Gasteiger partial charge in [-0.15, -0.1) is 0 Å². The summed E-state index contributed by atoms with van der Waals surface area (Å²) in [6.07, 6.45) is 5.99. The molecule has 0 saturated heterocycles. The van der Waals surface area contributed by atoms with Gasteiger partial charge in [-0.1, -0.05) is 31.4 Å². The lowest BCUT2D eigenvalue weighted by atomic mass is 9.63. The fraction of sp³-hybridized carbons (Fsp3) is 0.400. The summed E-state index contributed by atoms with van der Waals surface area (Å²) in [5.74, 6) is 0.657. The van der Waals surface area contributed by atoms with E-state index in [1.165, 1.54) is 30.4 Å². The fourth-order valence-electron chi connectivity index (χ4n) is 4.21. The van der Waals surface area contributed by atoms with Crippen molar-refractivity contribution in [2.45, 2.75) is 51.4 Å². The van der Waals surface area contributed by atoms with Crippen molar-refractivity contribution in [3.8, 4) is 11.5 Å². The van der Waals surface area contributed by atoms with Gasteiger partial charge in [0.2, 0.25) is 0 Å². The minimum Gasteiger partial charge on any atom is -0.508 e. The maximum atomic E-state index is 9.75. The summed E-state index contributed by atoms with van der Waals surface area (Å²) in [7, 11) is 0. The van der Waals surface area contributed by atoms with Crippen molar-refractivity contribution in [2.24, 2.45) is 0 Å². The van der Waals surface area contributed by atoms with Gasteiger partial charge in [0.05, 0.1) is 0 Å². The van der Waals surface area contributed by atoms with E-state index >= 15 is 0 Å². The minimum atomic E-state index is 0.00775. The molecular weight excluding hydrogens is 272 g/mol. The van der Waals surface area contributed by atoms with E-state index < -0.39 is 0 Å². The third-order valence-corrected chi connectivity index (χ3v) is 5.16. The van der Waals surface area contributed by atoms with E-state index in [1.807, 2.05) is 12.1 Å². The number of hydrogen-bond acceptors (Lipinski definition) is 2. The number of hydrogen-bond donors (Lipinski definition) is 2. The summed E-state index contributed by atoms with van der Waals surface area (Å²) in [6, 6.07) is 11.5. The van der Waals surface area contributed by atoms with Gasteiger partial charge in [0.25, 0.3) is 0 Å². The molecule has 1 aliphatic rings. The van der Waals surface area contributed by atoms with Gasteiger partial charge in [0, 0.05) is 5.41 Å². The van der Waals surface area contributed by atoms with Crippen molar-refractivity contribution in [3.05, 3.63) is 58.7 Å². The summed E-state index contributed by atoms with van der Waals surface area (Å²) >= 11 is 0. The quantitative estimate of drug-likeness (QED) is 0.822. The van der Waals surface area contributed by atoms with E-state index in [2.05, 4.69) is 26.0 Å². The highest BCUT2D eigenvalue weighted by atomic mass is 16.3. The van der Waals surface area contributed by atoms with E-state index in [4.69, 9.17) is 0 Å². The van der Waals surface area contributed by atoms with Crippen LogP contribution in [-0.2, 0) is 5.41 Å². The van der Waals surface area contributed by atoms with Gasteiger partial charge in [-0.2, -0.15) is 0 Å². The number of phenolic OH excluding ortho intramolecular Hbond substituents is 2. The lowest BCUT2D eigenvalue weighted by Gasteiger charge is -2.40. The average molecular weight is 296 g/mol. The zero-order valence-corrected chi connectivity index (χ0v) is 13.4. The van der Waals surface area contributed by atoms with E-state index in [-0.39, 0.29) is 5.41 Å². The van der Waals surface area contributed by atoms with Crippen LogP contribution in [0.5, 0.6) is 11.5 Å². The summed E-state index contributed by atoms with van der Waals surface area (Å²) in [5, 5.41) is 19.5. The molecule has 0 amide bonds. The molecule has 2 aromatic rings. The second-order valence-corrected chi connectivity index (χ2v) is 6.64. The molecule has 22 heavy (non-hydrogen) atoms. The van der Waals surface area contributed by atoms with Crippen molar-refractivity contribution in [1.82, 2.24) is 0 Å². The monoisotopic (exact) mass is 296 g/mol. The van der Waals surface area contributed by atoms with Crippen LogP contribution < -0.4 is 0 Å². The van der Waals surface area contributed by atoms with E-state index in [0.29, 0.717) is 11.5 Å². The van der Waals surface area contributed by atoms with Crippen LogP contribution in [0.1, 0.15) is 54.4 Å². The Morgan fingerprint density at radius 1 is 0.727 bits per heavy atom. The Morgan fingerprint density at radius 3 is 1.59 bits per heavy atom. The lowest BCUT2D eigenvalue weighted by Crippen LogP contribution is -2.32. The average Bonchev–Trinajstić information content (AvgIpc) is 2.47. The molecule has 0 unspecified atom stereocenters. The van der Waals surface area contributed by atoms with Crippen molar-refractivity contribution in [1.29, 1.82) is 0 Å². The SMILES string of the molecule is Cc1cc(O)ccc1C1(c2ccc(O)cc2C)CCCCC1. The van der Waals surface area contributed by atoms with Crippen LogP contribution in [0.3, 0.4) is 0 Å². The van der Waals surface area contributed by atoms with Crippen LogP contribution in [0.2, 0.25) is 0 Å². The molecule has 2 N–H and O–H groups in total. The molecule has 1 saturated carbocycles. The van der Waals surface area contributed by atoms with E-state index in [1.54, 1.807) is 12.1 Å². The van der Waals surface area contributed by atoms with Crippen LogP contribution in [0.25, 0.3) is 0 Å². The highest BCUT2D eigenvalue weighted by Gasteiger charge is 2.37. The first kappa shape index (κ1) is 15.0. The first-order valence-electron chi connectivity index (χ1n) is 8.13. The molecule has 3 rings (SSSR count). The molecule has 2 nitrogen and oxygen atoms in total. The van der Waals surface area contributed by atoms with Gasteiger partial charge >= 0.3 is 0 Å². The fourth-order valence-corrected chi connectivity index (χ4v) is 4.21. The minimum absolute atomic E-state index is 0.00775. The summed E-state index contributed by atoms with van der Waals surface area (Å²) in [6.45, 7) is 4.17. The summed E-state index contributed by atoms with van der Waals surface area (Å²) in [5.41, 5.74) is 4.94. The van der Waals surface area contributed by atoms with Crippen molar-refractivity contribution >= 4 is 0 Å². The largest absolute Gasteiger partial charge is 0.508 e. The second kappa shape index (κ2) is 5.68. The topological polar surface area (TPSA) is 40.5 Å². The van der Waals surface area contributed by atoms with Crippen LogP contribution in [0.4, 0.5) is 0 Å². The van der Waals surface area contributed by atoms with E-state index in [9.17, 15) is 10.2 Å². The van der Waals surface area contributed by atoms with Crippen LogP contribution >= 0.6 is 0 Å². The summed E-state index contributed by atoms with van der Waals surface area (Å²) < 4.78 is 0. The second-order valence-electron chi connectivity index (χ2n) is 6.64. The maximum Gasteiger partial charge on any atom is 0.115 e. The van der Waals surface area contributed by atoms with Gasteiger partial charge in [0.15, 0.2) is 0 Å². The standard InChI is InChI=1S/C20H24O2/c1-14-12-16(21)6-8-18(14)20(10-4-3-5-11-20)19-9-7-17(22)13-15(19)2/h6-9,12-13,21-22H,3-5,10-11H2,1-2H3. The predicted octanol–water partition coefficient (Wildman–Crippen LogP) is 4.96. The Bertz CT molecular complexity index is 629. The molecule has 0 aliphatic heterocycles. The zero-order valence-electron chi connectivity index (χ0n) is 13.4. The Labute approximate surface area is 132 Å². The third kappa shape index (κ3) is 2.47. The number of rotatable bonds is 2. The van der Waals surface area contributed by atoms with Crippen LogP contribution in [0, 0.1) is 13.8 Å². The van der Waals surface area contributed by atoms with Gasteiger partial charge in [-0.05, 0) is 73.2 Å². The molecule has 2 heteroatoms. The molecule has 0 bridgehead atoms. The van der Waals surface area contributed by atoms with Gasteiger partial charge in [0.1, 0.15) is 11.5 Å². The molecular formula is C20H24O2. The van der Waals surface area contributed by atoms with Crippen LogP contribution in [0.15, 0.2) is 36.4 Å². The molecule has 2 aromatic carbocycles. The Balaban J connectivity index is 2.20. The molecule has 0 spiro atoms. The van der Waals surface area contributed by atoms with Crippen LogP contribution in [-0.4, -0.2) is 10.2 Å². The molecule has 0 atom stereocenters. The van der Waals surface area contributed by atoms with E-state index in [0.717, 1.165) is 24.0 Å². The highest BCUT2D eigenvalue weighted by molar-refractivity contribution is 5.50. The lowest BCUT2D eigenvalue weighted by molar-refractivity contribution is 0.342.